The Labute approximate surface area is 136 Å². The smallest absolute Gasteiger partial charge is 0.209 e. The van der Waals surface area contributed by atoms with E-state index >= 15 is 0 Å². The number of rotatable bonds is 3. The lowest BCUT2D eigenvalue weighted by Crippen LogP contribution is -2.38. The molecule has 1 aromatic heterocycles. The summed E-state index contributed by atoms with van der Waals surface area (Å²) < 4.78 is 11.0. The van der Waals surface area contributed by atoms with Crippen LogP contribution in [0.4, 0.5) is 0 Å². The highest BCUT2D eigenvalue weighted by Crippen LogP contribution is 2.23. The third kappa shape index (κ3) is 2.96. The molecule has 0 amide bonds. The molecule has 0 fully saturated rings. The van der Waals surface area contributed by atoms with E-state index < -0.39 is 0 Å². The molecular formula is C18H23N3O2. The van der Waals surface area contributed by atoms with Crippen molar-refractivity contribution in [1.29, 1.82) is 0 Å². The molecule has 0 saturated heterocycles. The minimum atomic E-state index is -0.149. The standard InChI is InChI=1S/C18H23N3O2/c1-11(2)16-18(23-4)20-15(17(21-16)22-3)9-12-10-19-14-8-6-5-7-13(12)14/h5-8,10-11,15-16,19H,9H2,1-4H3/t15-,16+/m1/s1. The summed E-state index contributed by atoms with van der Waals surface area (Å²) in [7, 11) is 3.32. The van der Waals surface area contributed by atoms with Gasteiger partial charge in [0.2, 0.25) is 11.8 Å². The Hall–Kier alpha value is -2.30. The Morgan fingerprint density at radius 3 is 2.52 bits per heavy atom. The third-order valence-electron chi connectivity index (χ3n) is 4.23. The first-order valence-corrected chi connectivity index (χ1v) is 7.92. The Balaban J connectivity index is 1.92. The van der Waals surface area contributed by atoms with Crippen molar-refractivity contribution in [3.05, 3.63) is 36.0 Å². The summed E-state index contributed by atoms with van der Waals surface area (Å²) in [6.07, 6.45) is 2.77. The fourth-order valence-electron chi connectivity index (χ4n) is 3.00. The molecule has 5 nitrogen and oxygen atoms in total. The van der Waals surface area contributed by atoms with Gasteiger partial charge in [0.15, 0.2) is 0 Å². The van der Waals surface area contributed by atoms with Gasteiger partial charge in [-0.2, -0.15) is 0 Å². The lowest BCUT2D eigenvalue weighted by atomic mass is 10.0. The summed E-state index contributed by atoms with van der Waals surface area (Å²) in [5, 5.41) is 1.21. The van der Waals surface area contributed by atoms with Crippen LogP contribution in [-0.2, 0) is 15.9 Å². The summed E-state index contributed by atoms with van der Waals surface area (Å²) in [5.74, 6) is 1.67. The van der Waals surface area contributed by atoms with Crippen molar-refractivity contribution in [1.82, 2.24) is 4.98 Å². The van der Waals surface area contributed by atoms with E-state index in [0.717, 1.165) is 11.9 Å². The Bertz CT molecular complexity index is 746. The highest BCUT2D eigenvalue weighted by molar-refractivity contribution is 5.94. The molecule has 0 bridgehead atoms. The van der Waals surface area contributed by atoms with E-state index in [-0.39, 0.29) is 12.1 Å². The van der Waals surface area contributed by atoms with E-state index in [1.54, 1.807) is 14.2 Å². The van der Waals surface area contributed by atoms with Crippen LogP contribution >= 0.6 is 0 Å². The predicted molar refractivity (Wildman–Crippen MR) is 93.3 cm³/mol. The van der Waals surface area contributed by atoms with Crippen LogP contribution in [0.15, 0.2) is 40.4 Å². The number of para-hydroxylation sites is 1. The molecule has 1 aliphatic rings. The number of nitrogens with zero attached hydrogens (tertiary/aromatic N) is 2. The van der Waals surface area contributed by atoms with Gasteiger partial charge in [0.25, 0.3) is 0 Å². The highest BCUT2D eigenvalue weighted by atomic mass is 16.5. The fraction of sp³-hybridized carbons (Fsp3) is 0.444. The number of H-pyrrole nitrogens is 1. The van der Waals surface area contributed by atoms with Crippen molar-refractivity contribution in [3.8, 4) is 0 Å². The van der Waals surface area contributed by atoms with E-state index in [2.05, 4.69) is 31.0 Å². The molecule has 2 heterocycles. The molecule has 1 aliphatic heterocycles. The molecule has 2 aromatic rings. The molecule has 1 aromatic carbocycles. The fourth-order valence-corrected chi connectivity index (χ4v) is 3.00. The van der Waals surface area contributed by atoms with Gasteiger partial charge in [0, 0.05) is 23.5 Å². The second-order valence-corrected chi connectivity index (χ2v) is 6.11. The Morgan fingerprint density at radius 2 is 1.83 bits per heavy atom. The second kappa shape index (κ2) is 6.44. The van der Waals surface area contributed by atoms with Gasteiger partial charge in [-0.1, -0.05) is 32.0 Å². The van der Waals surface area contributed by atoms with Crippen LogP contribution in [0.1, 0.15) is 19.4 Å². The third-order valence-corrected chi connectivity index (χ3v) is 4.23. The van der Waals surface area contributed by atoms with Crippen LogP contribution in [0.3, 0.4) is 0 Å². The largest absolute Gasteiger partial charge is 0.483 e. The van der Waals surface area contributed by atoms with E-state index in [4.69, 9.17) is 19.5 Å². The number of hydrogen-bond acceptors (Lipinski definition) is 4. The minimum Gasteiger partial charge on any atom is -0.483 e. The zero-order valence-electron chi connectivity index (χ0n) is 14.0. The normalized spacial score (nSPS) is 21.3. The molecule has 0 spiro atoms. The molecule has 1 N–H and O–H groups in total. The second-order valence-electron chi connectivity index (χ2n) is 6.11. The number of aromatic amines is 1. The average Bonchev–Trinajstić information content (AvgIpc) is 2.97. The topological polar surface area (TPSA) is 59.0 Å². The van der Waals surface area contributed by atoms with Crippen molar-refractivity contribution in [2.45, 2.75) is 32.4 Å². The first kappa shape index (κ1) is 15.6. The van der Waals surface area contributed by atoms with Gasteiger partial charge in [-0.15, -0.1) is 0 Å². The zero-order chi connectivity index (χ0) is 16.4. The average molecular weight is 313 g/mol. The maximum absolute atomic E-state index is 5.51. The maximum atomic E-state index is 5.51. The highest BCUT2D eigenvalue weighted by Gasteiger charge is 2.31. The van der Waals surface area contributed by atoms with E-state index in [0.29, 0.717) is 17.7 Å². The van der Waals surface area contributed by atoms with Crippen LogP contribution in [0, 0.1) is 5.92 Å². The van der Waals surface area contributed by atoms with Gasteiger partial charge in [-0.25, -0.2) is 9.98 Å². The van der Waals surface area contributed by atoms with E-state index in [9.17, 15) is 0 Å². The lowest BCUT2D eigenvalue weighted by molar-refractivity contribution is 0.333. The molecule has 0 aliphatic carbocycles. The quantitative estimate of drug-likeness (QED) is 0.946. The number of benzene rings is 1. The number of hydrogen-bond donors (Lipinski definition) is 1. The number of ether oxygens (including phenoxy) is 2. The monoisotopic (exact) mass is 313 g/mol. The van der Waals surface area contributed by atoms with Crippen molar-refractivity contribution in [3.63, 3.8) is 0 Å². The number of aliphatic imine (C=N–C) groups is 2. The van der Waals surface area contributed by atoms with Gasteiger partial charge in [0.05, 0.1) is 14.2 Å². The molecular weight excluding hydrogens is 290 g/mol. The van der Waals surface area contributed by atoms with Gasteiger partial charge >= 0.3 is 0 Å². The first-order chi connectivity index (χ1) is 11.1. The molecule has 3 rings (SSSR count). The van der Waals surface area contributed by atoms with Gasteiger partial charge in [-0.3, -0.25) is 0 Å². The summed E-state index contributed by atoms with van der Waals surface area (Å²) in [6.45, 7) is 4.21. The summed E-state index contributed by atoms with van der Waals surface area (Å²) in [4.78, 5) is 12.8. The number of aromatic nitrogens is 1. The summed E-state index contributed by atoms with van der Waals surface area (Å²) in [5.41, 5.74) is 2.34. The summed E-state index contributed by atoms with van der Waals surface area (Å²) in [6, 6.07) is 8.04. The van der Waals surface area contributed by atoms with Gasteiger partial charge < -0.3 is 14.5 Å². The number of nitrogens with one attached hydrogen (secondary N) is 1. The van der Waals surface area contributed by atoms with Crippen LogP contribution in [0.25, 0.3) is 10.9 Å². The number of fused-ring (bicyclic) bond motifs is 1. The van der Waals surface area contributed by atoms with Gasteiger partial charge in [-0.05, 0) is 17.5 Å². The SMILES string of the molecule is COC1=N[C@H](Cc2c[nH]c3ccccc23)C(OC)=N[C@H]1C(C)C. The molecule has 0 saturated carbocycles. The molecule has 2 atom stereocenters. The minimum absolute atomic E-state index is 0.0748. The van der Waals surface area contributed by atoms with Crippen LogP contribution in [0.2, 0.25) is 0 Å². The molecule has 0 radical (unpaired) electrons. The van der Waals surface area contributed by atoms with Crippen molar-refractivity contribution >= 4 is 22.7 Å². The van der Waals surface area contributed by atoms with E-state index in [1.807, 2.05) is 18.3 Å². The summed E-state index contributed by atoms with van der Waals surface area (Å²) >= 11 is 0. The molecule has 23 heavy (non-hydrogen) atoms. The maximum Gasteiger partial charge on any atom is 0.209 e. The molecule has 122 valence electrons. The van der Waals surface area contributed by atoms with Crippen molar-refractivity contribution in [2.24, 2.45) is 15.9 Å². The molecule has 5 heteroatoms. The first-order valence-electron chi connectivity index (χ1n) is 7.92. The van der Waals surface area contributed by atoms with Crippen molar-refractivity contribution in [2.75, 3.05) is 14.2 Å². The Kier molecular flexibility index (Phi) is 4.37. The van der Waals surface area contributed by atoms with Crippen LogP contribution in [0.5, 0.6) is 0 Å². The van der Waals surface area contributed by atoms with Crippen molar-refractivity contribution < 1.29 is 9.47 Å². The van der Waals surface area contributed by atoms with Crippen LogP contribution in [-0.4, -0.2) is 43.1 Å². The number of methoxy groups -OCH3 is 2. The lowest BCUT2D eigenvalue weighted by Gasteiger charge is -2.27. The van der Waals surface area contributed by atoms with E-state index in [1.165, 1.54) is 10.9 Å². The van der Waals surface area contributed by atoms with Gasteiger partial charge in [0.1, 0.15) is 12.1 Å². The zero-order valence-corrected chi connectivity index (χ0v) is 14.0. The molecule has 0 unspecified atom stereocenters. The van der Waals surface area contributed by atoms with Crippen LogP contribution < -0.4 is 0 Å². The predicted octanol–water partition coefficient (Wildman–Crippen LogP) is 3.21. The Morgan fingerprint density at radius 1 is 1.09 bits per heavy atom.